The third-order valence-corrected chi connectivity index (χ3v) is 7.17. The fourth-order valence-corrected chi connectivity index (χ4v) is 5.70. The molecular weight excluding hydrogens is 492 g/mol. The molecule has 0 aliphatic heterocycles. The predicted octanol–water partition coefficient (Wildman–Crippen LogP) is 5.95. The average molecular weight is 520 g/mol. The summed E-state index contributed by atoms with van der Waals surface area (Å²) in [5, 5.41) is -6.58. The van der Waals surface area contributed by atoms with Gasteiger partial charge in [0, 0.05) is 13.0 Å². The van der Waals surface area contributed by atoms with Gasteiger partial charge in [-0.25, -0.2) is 4.74 Å². The van der Waals surface area contributed by atoms with Crippen LogP contribution >= 0.6 is 0 Å². The molecule has 2 fully saturated rings. The Bertz CT molecular complexity index is 770. The Morgan fingerprint density at radius 1 is 0.909 bits per heavy atom. The quantitative estimate of drug-likeness (QED) is 0.207. The van der Waals surface area contributed by atoms with Crippen LogP contribution in [0.25, 0.3) is 0 Å². The maximum absolute atomic E-state index is 13.8. The molecule has 0 heterocycles. The van der Waals surface area contributed by atoms with E-state index in [4.69, 9.17) is 9.29 Å². The number of hydrogen-bond acceptors (Lipinski definition) is 4. The van der Waals surface area contributed by atoms with Gasteiger partial charge in [-0.05, 0) is 61.7 Å². The van der Waals surface area contributed by atoms with Crippen LogP contribution in [0.5, 0.6) is 0 Å². The second-order valence-electron chi connectivity index (χ2n) is 9.65. The van der Waals surface area contributed by atoms with Gasteiger partial charge in [-0.2, -0.15) is 43.5 Å². The molecule has 196 valence electrons. The number of hydrogen-bond donors (Lipinski definition) is 1. The van der Waals surface area contributed by atoms with Crippen molar-refractivity contribution in [2.75, 3.05) is 13.2 Å². The third-order valence-electron chi connectivity index (χ3n) is 6.29. The number of alkyl halides is 8. The fourth-order valence-electron chi connectivity index (χ4n) is 5.36. The van der Waals surface area contributed by atoms with Crippen molar-refractivity contribution < 1.29 is 57.6 Å². The van der Waals surface area contributed by atoms with Crippen molar-refractivity contribution >= 4 is 10.1 Å². The molecule has 2 saturated carbocycles. The van der Waals surface area contributed by atoms with Gasteiger partial charge in [0.15, 0.2) is 0 Å². The summed E-state index contributed by atoms with van der Waals surface area (Å²) in [5.41, 5.74) is -0.140. The van der Waals surface area contributed by atoms with Crippen LogP contribution < -0.4 is 0 Å². The lowest BCUT2D eigenvalue weighted by Gasteiger charge is -2.49. The number of rotatable bonds is 11. The van der Waals surface area contributed by atoms with Crippen molar-refractivity contribution in [3.63, 3.8) is 0 Å². The Balaban J connectivity index is 1.91. The van der Waals surface area contributed by atoms with Crippen molar-refractivity contribution in [1.29, 1.82) is 0 Å². The zero-order valence-electron chi connectivity index (χ0n) is 18.1. The molecule has 2 aliphatic rings. The molecule has 4 atom stereocenters. The molecule has 14 heteroatoms. The van der Waals surface area contributed by atoms with E-state index in [-0.39, 0.29) is 12.0 Å². The summed E-state index contributed by atoms with van der Waals surface area (Å²) in [6.45, 7) is 4.05. The van der Waals surface area contributed by atoms with E-state index in [0.29, 0.717) is 17.8 Å². The lowest BCUT2D eigenvalue weighted by molar-refractivity contribution is -0.456. The number of ether oxygens (including phenoxy) is 2. The van der Waals surface area contributed by atoms with E-state index >= 15 is 0 Å². The smallest absolute Gasteiger partial charge is 0.381 e. The summed E-state index contributed by atoms with van der Waals surface area (Å²) in [7, 11) is -6.94. The van der Waals surface area contributed by atoms with E-state index < -0.39 is 53.0 Å². The largest absolute Gasteiger partial charge is 0.460 e. The van der Waals surface area contributed by atoms with Crippen LogP contribution in [-0.2, 0) is 19.6 Å². The molecule has 1 N–H and O–H groups in total. The Hall–Kier alpha value is -0.730. The second-order valence-corrected chi connectivity index (χ2v) is 11.1. The van der Waals surface area contributed by atoms with E-state index in [9.17, 15) is 43.5 Å². The van der Waals surface area contributed by atoms with Crippen LogP contribution in [0.4, 0.5) is 35.1 Å². The molecule has 0 radical (unpaired) electrons. The van der Waals surface area contributed by atoms with Gasteiger partial charge in [0.2, 0.25) is 0 Å². The highest BCUT2D eigenvalue weighted by molar-refractivity contribution is 7.86. The highest BCUT2D eigenvalue weighted by atomic mass is 32.2. The van der Waals surface area contributed by atoms with Crippen LogP contribution in [0.2, 0.25) is 0 Å². The van der Waals surface area contributed by atoms with Crippen molar-refractivity contribution in [3.8, 4) is 0 Å². The van der Waals surface area contributed by atoms with Crippen molar-refractivity contribution in [2.24, 2.45) is 23.2 Å². The molecule has 0 aromatic rings. The van der Waals surface area contributed by atoms with Gasteiger partial charge in [0.05, 0.1) is 6.61 Å². The molecule has 0 aromatic carbocycles. The molecule has 0 spiro atoms. The minimum atomic E-state index is -6.94. The first kappa shape index (κ1) is 28.5. The Morgan fingerprint density at radius 2 is 1.42 bits per heavy atom. The monoisotopic (exact) mass is 520 g/mol. The molecule has 5 nitrogen and oxygen atoms in total. The summed E-state index contributed by atoms with van der Waals surface area (Å²) in [4.78, 5) is 0. The first-order chi connectivity index (χ1) is 14.7. The highest BCUT2D eigenvalue weighted by Crippen LogP contribution is 2.53. The zero-order valence-corrected chi connectivity index (χ0v) is 18.9. The summed E-state index contributed by atoms with van der Waals surface area (Å²) < 4.78 is 144. The van der Waals surface area contributed by atoms with Crippen LogP contribution in [0.3, 0.4) is 0 Å². The standard InChI is InChI=1S/C19H28F8O5S/c1-12-6-14-7-13(2)9-15(8-12,10-14)11-31-5-3-4-16(20,21)17(22,23)32-18(24,25)19(26,27)33(28,29)30/h12-14H,3-11H2,1-2H3,(H,28,29,30)/t12-,13?,14?,15?/m0/s1. The molecule has 0 saturated heterocycles. The molecule has 0 amide bonds. The lowest BCUT2D eigenvalue weighted by atomic mass is 9.57. The van der Waals surface area contributed by atoms with Gasteiger partial charge in [0.25, 0.3) is 0 Å². The molecule has 2 aliphatic carbocycles. The molecule has 0 aromatic heterocycles. The normalized spacial score (nSPS) is 29.8. The van der Waals surface area contributed by atoms with Gasteiger partial charge in [-0.1, -0.05) is 13.8 Å². The molecule has 2 bridgehead atoms. The van der Waals surface area contributed by atoms with Crippen LogP contribution in [0.15, 0.2) is 0 Å². The maximum atomic E-state index is 13.8. The average Bonchev–Trinajstić information content (AvgIpc) is 2.57. The highest BCUT2D eigenvalue weighted by Gasteiger charge is 2.73. The van der Waals surface area contributed by atoms with E-state index in [2.05, 4.69) is 18.6 Å². The van der Waals surface area contributed by atoms with E-state index in [1.54, 1.807) is 0 Å². The SMILES string of the molecule is CC1CC2C[C@H](C)CC(COCCCC(F)(F)C(F)(F)OC(F)(F)C(F)(F)S(=O)(=O)O)(C1)C2. The summed E-state index contributed by atoms with van der Waals surface area (Å²) in [6.07, 6.45) is -10.4. The van der Waals surface area contributed by atoms with Crippen molar-refractivity contribution in [1.82, 2.24) is 0 Å². The molecule has 3 unspecified atom stereocenters. The van der Waals surface area contributed by atoms with Crippen LogP contribution in [-0.4, -0.2) is 49.6 Å². The second kappa shape index (κ2) is 9.38. The number of halogens is 8. The van der Waals surface area contributed by atoms with Gasteiger partial charge in [-0.3, -0.25) is 4.55 Å². The number of fused-ring (bicyclic) bond motifs is 2. The zero-order chi connectivity index (χ0) is 25.5. The summed E-state index contributed by atoms with van der Waals surface area (Å²) in [6, 6.07) is 0. The first-order valence-electron chi connectivity index (χ1n) is 10.5. The fraction of sp³-hybridized carbons (Fsp3) is 1.00. The van der Waals surface area contributed by atoms with Crippen molar-refractivity contribution in [2.45, 2.75) is 82.2 Å². The van der Waals surface area contributed by atoms with Gasteiger partial charge in [0.1, 0.15) is 0 Å². The Kier molecular flexibility index (Phi) is 8.10. The minimum absolute atomic E-state index is 0.140. The summed E-state index contributed by atoms with van der Waals surface area (Å²) >= 11 is 0. The molecule has 33 heavy (non-hydrogen) atoms. The summed E-state index contributed by atoms with van der Waals surface area (Å²) in [5.74, 6) is -3.90. The van der Waals surface area contributed by atoms with E-state index in [1.807, 2.05) is 0 Å². The Labute approximate surface area is 186 Å². The van der Waals surface area contributed by atoms with Gasteiger partial charge < -0.3 is 4.74 Å². The van der Waals surface area contributed by atoms with Crippen LogP contribution in [0.1, 0.15) is 58.8 Å². The Morgan fingerprint density at radius 3 is 1.91 bits per heavy atom. The molecular formula is C19H28F8O5S. The maximum Gasteiger partial charge on any atom is 0.460 e. The van der Waals surface area contributed by atoms with E-state index in [0.717, 1.165) is 32.1 Å². The predicted molar refractivity (Wildman–Crippen MR) is 99.8 cm³/mol. The first-order valence-corrected chi connectivity index (χ1v) is 11.9. The molecule has 2 rings (SSSR count). The third kappa shape index (κ3) is 6.29. The van der Waals surface area contributed by atoms with E-state index in [1.165, 1.54) is 0 Å². The van der Waals surface area contributed by atoms with Crippen molar-refractivity contribution in [3.05, 3.63) is 0 Å². The lowest BCUT2D eigenvalue weighted by Crippen LogP contribution is -2.55. The topological polar surface area (TPSA) is 72.8 Å². The van der Waals surface area contributed by atoms with Crippen LogP contribution in [0, 0.1) is 23.2 Å². The van der Waals surface area contributed by atoms with Gasteiger partial charge in [-0.15, -0.1) is 0 Å². The minimum Gasteiger partial charge on any atom is -0.381 e. The van der Waals surface area contributed by atoms with Gasteiger partial charge >= 0.3 is 33.5 Å².